The van der Waals surface area contributed by atoms with Crippen molar-refractivity contribution in [2.45, 2.75) is 12.8 Å². The van der Waals surface area contributed by atoms with Crippen molar-refractivity contribution < 1.29 is 4.42 Å². The van der Waals surface area contributed by atoms with E-state index in [9.17, 15) is 0 Å². The van der Waals surface area contributed by atoms with Gasteiger partial charge in [-0.15, -0.1) is 0 Å². The van der Waals surface area contributed by atoms with E-state index in [0.29, 0.717) is 33.5 Å². The zero-order chi connectivity index (χ0) is 24.6. The van der Waals surface area contributed by atoms with Crippen molar-refractivity contribution in [1.82, 2.24) is 15.0 Å². The molecule has 0 bridgehead atoms. The summed E-state index contributed by atoms with van der Waals surface area (Å²) < 4.78 is 5.49. The molecule has 2 aromatic heterocycles. The van der Waals surface area contributed by atoms with Crippen molar-refractivity contribution in [2.75, 3.05) is 35.7 Å². The Morgan fingerprint density at radius 2 is 1.69 bits per heavy atom. The highest BCUT2D eigenvalue weighted by atomic mass is 35.5. The number of para-hydroxylation sites is 1. The van der Waals surface area contributed by atoms with Gasteiger partial charge in [0.15, 0.2) is 0 Å². The number of hydrogen-bond acceptors (Lipinski definition) is 7. The molecule has 0 spiro atoms. The molecule has 1 saturated heterocycles. The van der Waals surface area contributed by atoms with Gasteiger partial charge in [0.25, 0.3) is 0 Å². The summed E-state index contributed by atoms with van der Waals surface area (Å²) >= 11 is 11.9. The second kappa shape index (κ2) is 11.7. The lowest BCUT2D eigenvalue weighted by Gasteiger charge is -2.16. The molecule has 0 saturated carbocycles. The second-order valence-electron chi connectivity index (χ2n) is 7.75. The summed E-state index contributed by atoms with van der Waals surface area (Å²) in [5, 5.41) is 7.45. The highest BCUT2D eigenvalue weighted by molar-refractivity contribution is 6.35. The van der Waals surface area contributed by atoms with E-state index >= 15 is 0 Å². The van der Waals surface area contributed by atoms with Crippen LogP contribution in [0, 0.1) is 0 Å². The van der Waals surface area contributed by atoms with E-state index in [1.165, 1.54) is 12.8 Å². The van der Waals surface area contributed by atoms with Crippen LogP contribution in [-0.2, 0) is 0 Å². The number of hydrogen-bond donors (Lipinski definition) is 2. The zero-order valence-electron chi connectivity index (χ0n) is 19.3. The first-order valence-corrected chi connectivity index (χ1v) is 12.0. The standard InChI is InChI=1S/C14H18N6.C12H8Cl2O/c1-15-12-17-13(16-11-7-3-2-4-8-11)19-14(18-12)20-9-5-6-10-20;1-2-9-4-6-12(15-9)10-7-8(13)3-5-11(10)14/h2-4,7-8H,5-6,9-10H2,1H3,(H2,15,16,17,18,19);2-7H,1H2. The van der Waals surface area contributed by atoms with Crippen LogP contribution in [0.1, 0.15) is 18.6 Å². The van der Waals surface area contributed by atoms with E-state index in [1.807, 2.05) is 49.5 Å². The van der Waals surface area contributed by atoms with Gasteiger partial charge >= 0.3 is 0 Å². The van der Waals surface area contributed by atoms with E-state index in [2.05, 4.69) is 37.1 Å². The Bertz CT molecular complexity index is 1270. The first-order valence-electron chi connectivity index (χ1n) is 11.2. The van der Waals surface area contributed by atoms with Gasteiger partial charge in [-0.1, -0.05) is 48.0 Å². The molecule has 0 radical (unpaired) electrons. The van der Waals surface area contributed by atoms with Crippen LogP contribution in [0.15, 0.2) is 71.7 Å². The van der Waals surface area contributed by atoms with Gasteiger partial charge in [0, 0.05) is 36.4 Å². The number of nitrogens with one attached hydrogen (secondary N) is 2. The lowest BCUT2D eigenvalue weighted by atomic mass is 10.2. The fraction of sp³-hybridized carbons (Fsp3) is 0.192. The fourth-order valence-corrected chi connectivity index (χ4v) is 3.92. The van der Waals surface area contributed by atoms with Crippen molar-refractivity contribution in [3.63, 3.8) is 0 Å². The first kappa shape index (κ1) is 24.6. The minimum absolute atomic E-state index is 0.567. The molecule has 1 aliphatic heterocycles. The molecule has 0 atom stereocenters. The molecule has 3 heterocycles. The van der Waals surface area contributed by atoms with Gasteiger partial charge in [0.1, 0.15) is 11.5 Å². The van der Waals surface area contributed by atoms with Crippen LogP contribution < -0.4 is 15.5 Å². The number of rotatable bonds is 6. The smallest absolute Gasteiger partial charge is 0.233 e. The van der Waals surface area contributed by atoms with Crippen LogP contribution in [0.25, 0.3) is 17.4 Å². The molecule has 35 heavy (non-hydrogen) atoms. The maximum absolute atomic E-state index is 6.04. The highest BCUT2D eigenvalue weighted by Crippen LogP contribution is 2.32. The van der Waals surface area contributed by atoms with Crippen molar-refractivity contribution in [3.05, 3.63) is 83.0 Å². The summed E-state index contributed by atoms with van der Waals surface area (Å²) in [6, 6.07) is 18.8. The molecule has 0 unspecified atom stereocenters. The summed E-state index contributed by atoms with van der Waals surface area (Å²) in [4.78, 5) is 15.5. The molecule has 7 nitrogen and oxygen atoms in total. The molecule has 1 fully saturated rings. The summed E-state index contributed by atoms with van der Waals surface area (Å²) in [5.74, 6) is 3.29. The van der Waals surface area contributed by atoms with Gasteiger partial charge < -0.3 is 20.0 Å². The molecule has 2 N–H and O–H groups in total. The Morgan fingerprint density at radius 1 is 0.943 bits per heavy atom. The number of nitrogens with zero attached hydrogens (tertiary/aromatic N) is 4. The van der Waals surface area contributed by atoms with E-state index in [1.54, 1.807) is 24.3 Å². The lowest BCUT2D eigenvalue weighted by Crippen LogP contribution is -2.21. The van der Waals surface area contributed by atoms with Crippen molar-refractivity contribution in [1.29, 1.82) is 0 Å². The maximum Gasteiger partial charge on any atom is 0.233 e. The molecule has 1 aliphatic rings. The molecule has 4 aromatic rings. The van der Waals surface area contributed by atoms with Crippen LogP contribution in [0.2, 0.25) is 10.0 Å². The van der Waals surface area contributed by atoms with Crippen LogP contribution in [0.3, 0.4) is 0 Å². The quantitative estimate of drug-likeness (QED) is 0.286. The normalized spacial score (nSPS) is 12.6. The van der Waals surface area contributed by atoms with Crippen LogP contribution in [0.5, 0.6) is 0 Å². The maximum atomic E-state index is 6.04. The number of halogens is 2. The molecule has 180 valence electrons. The second-order valence-corrected chi connectivity index (χ2v) is 8.59. The number of benzene rings is 2. The van der Waals surface area contributed by atoms with E-state index in [0.717, 1.165) is 30.3 Å². The summed E-state index contributed by atoms with van der Waals surface area (Å²) in [6.45, 7) is 5.65. The van der Waals surface area contributed by atoms with Crippen LogP contribution in [-0.4, -0.2) is 35.1 Å². The molecule has 9 heteroatoms. The predicted octanol–water partition coefficient (Wildman–Crippen LogP) is 7.15. The van der Waals surface area contributed by atoms with Crippen LogP contribution in [0.4, 0.5) is 23.5 Å². The average molecular weight is 509 g/mol. The number of furan rings is 1. The molecule has 0 amide bonds. The Morgan fingerprint density at radius 3 is 2.37 bits per heavy atom. The molecular weight excluding hydrogens is 483 g/mol. The fourth-order valence-electron chi connectivity index (χ4n) is 3.54. The predicted molar refractivity (Wildman–Crippen MR) is 145 cm³/mol. The third kappa shape index (κ3) is 6.53. The van der Waals surface area contributed by atoms with Gasteiger partial charge in [-0.2, -0.15) is 15.0 Å². The van der Waals surface area contributed by atoms with E-state index in [4.69, 9.17) is 27.6 Å². The van der Waals surface area contributed by atoms with Crippen molar-refractivity contribution >= 4 is 52.8 Å². The van der Waals surface area contributed by atoms with Gasteiger partial charge in [-0.05, 0) is 61.4 Å². The summed E-state index contributed by atoms with van der Waals surface area (Å²) in [5.41, 5.74) is 1.75. The lowest BCUT2D eigenvalue weighted by molar-refractivity contribution is 0.572. The third-order valence-corrected chi connectivity index (χ3v) is 5.85. The first-order chi connectivity index (χ1) is 17.1. The summed E-state index contributed by atoms with van der Waals surface area (Å²) in [6.07, 6.45) is 4.03. The van der Waals surface area contributed by atoms with E-state index < -0.39 is 0 Å². The topological polar surface area (TPSA) is 79.1 Å². The third-order valence-electron chi connectivity index (χ3n) is 5.29. The number of aromatic nitrogens is 3. The molecular formula is C26H26Cl2N6O. The van der Waals surface area contributed by atoms with Crippen molar-refractivity contribution in [2.24, 2.45) is 0 Å². The number of anilines is 4. The minimum atomic E-state index is 0.567. The van der Waals surface area contributed by atoms with Gasteiger partial charge in [0.05, 0.1) is 5.02 Å². The SMILES string of the molecule is C=Cc1ccc(-c2cc(Cl)ccc2Cl)o1.CNc1nc(Nc2ccccc2)nc(N2CCCC2)n1. The Hall–Kier alpha value is -3.55. The molecule has 5 rings (SSSR count). The van der Waals surface area contributed by atoms with Gasteiger partial charge in [-0.3, -0.25) is 0 Å². The Kier molecular flexibility index (Phi) is 8.23. The minimum Gasteiger partial charge on any atom is -0.457 e. The van der Waals surface area contributed by atoms with Crippen molar-refractivity contribution in [3.8, 4) is 11.3 Å². The van der Waals surface area contributed by atoms with Gasteiger partial charge in [-0.25, -0.2) is 0 Å². The monoisotopic (exact) mass is 508 g/mol. The largest absolute Gasteiger partial charge is 0.457 e. The average Bonchev–Trinajstić information content (AvgIpc) is 3.59. The zero-order valence-corrected chi connectivity index (χ0v) is 20.9. The highest BCUT2D eigenvalue weighted by Gasteiger charge is 2.17. The van der Waals surface area contributed by atoms with Gasteiger partial charge in [0.2, 0.25) is 17.8 Å². The molecule has 2 aromatic carbocycles. The molecule has 0 aliphatic carbocycles. The van der Waals surface area contributed by atoms with Crippen LogP contribution >= 0.6 is 23.2 Å². The Balaban J connectivity index is 0.000000172. The Labute approximate surface area is 214 Å². The summed E-state index contributed by atoms with van der Waals surface area (Å²) in [7, 11) is 1.81. The van der Waals surface area contributed by atoms with E-state index in [-0.39, 0.29) is 0 Å².